The van der Waals surface area contributed by atoms with Crippen LogP contribution < -0.4 is 0 Å². The minimum absolute atomic E-state index is 0.0000781. The van der Waals surface area contributed by atoms with E-state index in [2.05, 4.69) is 9.97 Å². The summed E-state index contributed by atoms with van der Waals surface area (Å²) in [6.45, 7) is 7.02. The molecule has 2 saturated heterocycles. The van der Waals surface area contributed by atoms with Crippen molar-refractivity contribution in [3.05, 3.63) is 84.6 Å². The van der Waals surface area contributed by atoms with Crippen LogP contribution in [0.4, 0.5) is 0 Å². The highest BCUT2D eigenvalue weighted by Crippen LogP contribution is 2.38. The van der Waals surface area contributed by atoms with Crippen molar-refractivity contribution < 1.29 is 14.4 Å². The van der Waals surface area contributed by atoms with Crippen LogP contribution in [0.2, 0.25) is 0 Å². The largest absolute Gasteiger partial charge is 0.352 e. The molecule has 2 aliphatic heterocycles. The van der Waals surface area contributed by atoms with E-state index in [1.54, 1.807) is 12.5 Å². The van der Waals surface area contributed by atoms with Crippen LogP contribution in [0.1, 0.15) is 54.6 Å². The Balaban J connectivity index is 1.14. The molecular formula is C31H33N5O3. The molecule has 2 bridgehead atoms. The van der Waals surface area contributed by atoms with Gasteiger partial charge in [-0.05, 0) is 36.1 Å². The molecule has 4 aromatic rings. The fourth-order valence-electron chi connectivity index (χ4n) is 5.99. The Labute approximate surface area is 227 Å². The number of imidazole rings is 1. The maximum atomic E-state index is 13.9. The third-order valence-electron chi connectivity index (χ3n) is 8.20. The van der Waals surface area contributed by atoms with E-state index in [1.165, 1.54) is 0 Å². The molecule has 0 radical (unpaired) electrons. The SMILES string of the molecule is CC(C)(C)[C@H](CC(=O)c1cc2ccccc2[nH]1)C(=O)N1C[C@@H]2C[C@H]1CN2C(=O)c1cn(-c2ccccc2)cn1. The molecule has 8 nitrogen and oxygen atoms in total. The number of aromatic nitrogens is 3. The first-order valence-corrected chi connectivity index (χ1v) is 13.5. The number of carbonyl (C=O) groups excluding carboxylic acids is 3. The van der Waals surface area contributed by atoms with Crippen molar-refractivity contribution in [3.63, 3.8) is 0 Å². The number of H-pyrrole nitrogens is 1. The minimum atomic E-state index is -0.457. The number of fused-ring (bicyclic) bond motifs is 3. The third-order valence-corrected chi connectivity index (χ3v) is 8.20. The molecule has 6 rings (SSSR count). The Hall–Kier alpha value is -4.20. The van der Waals surface area contributed by atoms with E-state index in [0.717, 1.165) is 23.0 Å². The Bertz CT molecular complexity index is 1510. The van der Waals surface area contributed by atoms with Crippen molar-refractivity contribution in [3.8, 4) is 5.69 Å². The second-order valence-electron chi connectivity index (χ2n) is 11.8. The van der Waals surface area contributed by atoms with Crippen molar-refractivity contribution in [1.29, 1.82) is 0 Å². The number of Topliss-reactive ketones (excluding diaryl/α,β-unsaturated/α-hetero) is 1. The molecule has 8 heteroatoms. The highest BCUT2D eigenvalue weighted by molar-refractivity contribution is 6.01. The second-order valence-corrected chi connectivity index (χ2v) is 11.8. The Morgan fingerprint density at radius 3 is 2.36 bits per heavy atom. The van der Waals surface area contributed by atoms with Gasteiger partial charge in [0, 0.05) is 42.3 Å². The topological polar surface area (TPSA) is 91.3 Å². The molecule has 2 aromatic carbocycles. The minimum Gasteiger partial charge on any atom is -0.352 e. The molecule has 2 aromatic heterocycles. The molecule has 0 saturated carbocycles. The molecule has 2 aliphatic rings. The van der Waals surface area contributed by atoms with Gasteiger partial charge < -0.3 is 19.4 Å². The van der Waals surface area contributed by atoms with Gasteiger partial charge in [0.05, 0.1) is 23.7 Å². The van der Waals surface area contributed by atoms with E-state index in [0.29, 0.717) is 24.5 Å². The van der Waals surface area contributed by atoms with E-state index in [9.17, 15) is 14.4 Å². The summed E-state index contributed by atoms with van der Waals surface area (Å²) in [7, 11) is 0. The monoisotopic (exact) mass is 523 g/mol. The molecule has 0 aliphatic carbocycles. The van der Waals surface area contributed by atoms with Crippen LogP contribution in [0, 0.1) is 11.3 Å². The van der Waals surface area contributed by atoms with Crippen LogP contribution >= 0.6 is 0 Å². The van der Waals surface area contributed by atoms with Gasteiger partial charge in [0.2, 0.25) is 5.91 Å². The molecular weight excluding hydrogens is 490 g/mol. The molecule has 3 atom stereocenters. The number of nitrogens with one attached hydrogen (secondary N) is 1. The van der Waals surface area contributed by atoms with E-state index in [1.807, 2.05) is 95.8 Å². The van der Waals surface area contributed by atoms with Gasteiger partial charge in [-0.25, -0.2) is 4.98 Å². The highest BCUT2D eigenvalue weighted by Gasteiger charge is 2.50. The zero-order valence-electron chi connectivity index (χ0n) is 22.5. The average Bonchev–Trinajstić information content (AvgIpc) is 3.73. The van der Waals surface area contributed by atoms with Crippen molar-refractivity contribution in [2.45, 2.75) is 45.7 Å². The van der Waals surface area contributed by atoms with E-state index in [4.69, 9.17) is 0 Å². The summed E-state index contributed by atoms with van der Waals surface area (Å²) in [5.74, 6) is -0.623. The first-order chi connectivity index (χ1) is 18.7. The summed E-state index contributed by atoms with van der Waals surface area (Å²) < 4.78 is 1.84. The zero-order chi connectivity index (χ0) is 27.3. The van der Waals surface area contributed by atoms with Crippen LogP contribution in [-0.2, 0) is 4.79 Å². The maximum absolute atomic E-state index is 13.9. The van der Waals surface area contributed by atoms with Gasteiger partial charge in [0.15, 0.2) is 5.78 Å². The Morgan fingerprint density at radius 2 is 1.67 bits per heavy atom. The van der Waals surface area contributed by atoms with Gasteiger partial charge in [0.1, 0.15) is 12.0 Å². The molecule has 0 unspecified atom stereocenters. The predicted octanol–water partition coefficient (Wildman–Crippen LogP) is 4.71. The number of ketones is 1. The van der Waals surface area contributed by atoms with Gasteiger partial charge in [-0.2, -0.15) is 0 Å². The number of likely N-dealkylation sites (tertiary alicyclic amines) is 2. The lowest BCUT2D eigenvalue weighted by atomic mass is 9.76. The summed E-state index contributed by atoms with van der Waals surface area (Å²) in [5.41, 5.74) is 2.41. The van der Waals surface area contributed by atoms with Gasteiger partial charge in [0.25, 0.3) is 5.91 Å². The average molecular weight is 524 g/mol. The number of hydrogen-bond donors (Lipinski definition) is 1. The Morgan fingerprint density at radius 1 is 0.974 bits per heavy atom. The first kappa shape index (κ1) is 25.1. The summed E-state index contributed by atoms with van der Waals surface area (Å²) in [6, 6.07) is 19.3. The number of para-hydroxylation sites is 2. The predicted molar refractivity (Wildman–Crippen MR) is 149 cm³/mol. The van der Waals surface area contributed by atoms with Crippen LogP contribution in [0.15, 0.2) is 73.2 Å². The van der Waals surface area contributed by atoms with Crippen LogP contribution in [0.3, 0.4) is 0 Å². The van der Waals surface area contributed by atoms with Crippen molar-refractivity contribution in [2.75, 3.05) is 13.1 Å². The number of amides is 2. The van der Waals surface area contributed by atoms with Crippen LogP contribution in [0.5, 0.6) is 0 Å². The van der Waals surface area contributed by atoms with Gasteiger partial charge in [-0.1, -0.05) is 57.2 Å². The quantitative estimate of drug-likeness (QED) is 0.371. The summed E-state index contributed by atoms with van der Waals surface area (Å²) >= 11 is 0. The number of piperazine rings is 1. The third kappa shape index (κ3) is 4.64. The summed E-state index contributed by atoms with van der Waals surface area (Å²) in [4.78, 5) is 51.8. The van der Waals surface area contributed by atoms with Crippen LogP contribution in [0.25, 0.3) is 16.6 Å². The standard InChI is InChI=1S/C31H33N5O3/c1-31(2,3)24(15-28(37)26-13-20-9-7-8-12-25(20)33-26)29(38)35-16-23-14-22(35)17-36(23)30(39)27-18-34(19-32-27)21-10-5-4-6-11-21/h4-13,18-19,22-24,33H,14-17H2,1-3H3/t22-,23-,24+/m0/s1. The molecule has 4 heterocycles. The number of benzene rings is 2. The summed E-state index contributed by atoms with van der Waals surface area (Å²) in [6.07, 6.45) is 4.31. The van der Waals surface area contributed by atoms with E-state index in [-0.39, 0.29) is 41.5 Å². The Kier molecular flexibility index (Phi) is 6.13. The molecule has 2 fully saturated rings. The fourth-order valence-corrected chi connectivity index (χ4v) is 5.99. The lowest BCUT2D eigenvalue weighted by Crippen LogP contribution is -2.53. The molecule has 1 N–H and O–H groups in total. The normalized spacial score (nSPS) is 19.6. The van der Waals surface area contributed by atoms with E-state index >= 15 is 0 Å². The van der Waals surface area contributed by atoms with Gasteiger partial charge in [-0.15, -0.1) is 0 Å². The van der Waals surface area contributed by atoms with Crippen molar-refractivity contribution in [2.24, 2.45) is 11.3 Å². The van der Waals surface area contributed by atoms with E-state index < -0.39 is 5.92 Å². The number of carbonyl (C=O) groups is 3. The van der Waals surface area contributed by atoms with Gasteiger partial charge in [-0.3, -0.25) is 14.4 Å². The highest BCUT2D eigenvalue weighted by atomic mass is 16.2. The van der Waals surface area contributed by atoms with Gasteiger partial charge >= 0.3 is 0 Å². The number of aromatic amines is 1. The molecule has 39 heavy (non-hydrogen) atoms. The number of nitrogens with zero attached hydrogens (tertiary/aromatic N) is 4. The van der Waals surface area contributed by atoms with Crippen molar-refractivity contribution in [1.82, 2.24) is 24.3 Å². The molecule has 0 spiro atoms. The lowest BCUT2D eigenvalue weighted by Gasteiger charge is -2.38. The molecule has 2 amide bonds. The van der Waals surface area contributed by atoms with Crippen LogP contribution in [-0.4, -0.2) is 67.1 Å². The second kappa shape index (κ2) is 9.52. The number of rotatable bonds is 6. The van der Waals surface area contributed by atoms with Crippen molar-refractivity contribution >= 4 is 28.5 Å². The zero-order valence-corrected chi connectivity index (χ0v) is 22.5. The first-order valence-electron chi connectivity index (χ1n) is 13.5. The smallest absolute Gasteiger partial charge is 0.274 e. The summed E-state index contributed by atoms with van der Waals surface area (Å²) in [5, 5.41) is 0.981. The lowest BCUT2D eigenvalue weighted by molar-refractivity contribution is -0.141. The molecule has 200 valence electrons. The maximum Gasteiger partial charge on any atom is 0.274 e. The fraction of sp³-hybridized carbons (Fsp3) is 0.355. The number of hydrogen-bond acceptors (Lipinski definition) is 4.